The molecule has 4 rings (SSSR count). The predicted octanol–water partition coefficient (Wildman–Crippen LogP) is 2.93. The monoisotopic (exact) mass is 519 g/mol. The van der Waals surface area contributed by atoms with E-state index in [4.69, 9.17) is 14.2 Å². The zero-order valence-corrected chi connectivity index (χ0v) is 17.6. The Kier molecular flexibility index (Phi) is 3.80. The summed E-state index contributed by atoms with van der Waals surface area (Å²) in [7, 11) is 3.24. The summed E-state index contributed by atoms with van der Waals surface area (Å²) in [6.07, 6.45) is 1.62. The van der Waals surface area contributed by atoms with Gasteiger partial charge in [-0.3, -0.25) is 0 Å². The summed E-state index contributed by atoms with van der Waals surface area (Å²) in [5, 5.41) is 11.8. The van der Waals surface area contributed by atoms with E-state index in [-0.39, 0.29) is 0 Å². The molecule has 1 aliphatic heterocycles. The fraction of sp³-hybridized carbons (Fsp3) is 0.368. The van der Waals surface area contributed by atoms with Crippen LogP contribution >= 0.6 is 0 Å². The molecule has 3 atom stereocenters. The average molecular weight is 519 g/mol. The van der Waals surface area contributed by atoms with Crippen molar-refractivity contribution >= 4 is 25.8 Å². The van der Waals surface area contributed by atoms with Gasteiger partial charge in [-0.2, -0.15) is 0 Å². The molecule has 2 aliphatic rings. The Labute approximate surface area is 157 Å². The van der Waals surface area contributed by atoms with E-state index in [1.165, 1.54) is 0 Å². The van der Waals surface area contributed by atoms with Gasteiger partial charge in [0.15, 0.2) is 0 Å². The third-order valence-electron chi connectivity index (χ3n) is 5.28. The summed E-state index contributed by atoms with van der Waals surface area (Å²) in [5.74, 6) is 1.96. The molecule has 0 aromatic heterocycles. The van der Waals surface area contributed by atoms with Crippen LogP contribution < -0.4 is 14.2 Å². The van der Waals surface area contributed by atoms with E-state index in [9.17, 15) is 5.11 Å². The minimum absolute atomic E-state index is 0.313. The van der Waals surface area contributed by atoms with Gasteiger partial charge in [-0.05, 0) is 0 Å². The molecule has 4 nitrogen and oxygen atoms in total. The van der Waals surface area contributed by atoms with Crippen LogP contribution in [0.4, 0.5) is 0 Å². The van der Waals surface area contributed by atoms with Gasteiger partial charge >= 0.3 is 158 Å². The molecule has 1 N–H and O–H groups in total. The zero-order valence-electron chi connectivity index (χ0n) is 13.7. The van der Waals surface area contributed by atoms with Gasteiger partial charge in [-0.25, -0.2) is 0 Å². The molecule has 2 aromatic rings. The van der Waals surface area contributed by atoms with Gasteiger partial charge in [0.05, 0.1) is 0 Å². The molecule has 1 aliphatic carbocycles. The number of benzene rings is 2. The van der Waals surface area contributed by atoms with E-state index in [1.54, 1.807) is 14.2 Å². The van der Waals surface area contributed by atoms with Gasteiger partial charge in [-0.1, -0.05) is 0 Å². The third-order valence-corrected chi connectivity index (χ3v) is 7.98. The quantitative estimate of drug-likeness (QED) is 0.635. The van der Waals surface area contributed by atoms with E-state index in [2.05, 4.69) is 12.1 Å². The van der Waals surface area contributed by atoms with Crippen LogP contribution in [-0.2, 0) is 11.2 Å². The molecule has 5 heteroatoms. The van der Waals surface area contributed by atoms with Crippen LogP contribution in [-0.4, -0.2) is 45.1 Å². The van der Waals surface area contributed by atoms with Crippen LogP contribution in [0.5, 0.6) is 17.2 Å². The van der Waals surface area contributed by atoms with Gasteiger partial charge < -0.3 is 0 Å². The van der Waals surface area contributed by atoms with Crippen molar-refractivity contribution in [3.63, 3.8) is 0 Å². The molecule has 3 unspecified atom stereocenters. The Balaban J connectivity index is 1.98. The van der Waals surface area contributed by atoms with Gasteiger partial charge in [0, 0.05) is 0 Å². The molecule has 1 heterocycles. The number of fused-ring (bicyclic) bond motifs is 3. The van der Waals surface area contributed by atoms with Crippen molar-refractivity contribution in [2.45, 2.75) is 27.5 Å². The molecule has 3 radical (unpaired) electrons. The van der Waals surface area contributed by atoms with Crippen LogP contribution in [0.2, 0.25) is 3.48 Å². The van der Waals surface area contributed by atoms with Crippen LogP contribution in [0.3, 0.4) is 0 Å². The Morgan fingerprint density at radius 3 is 2.58 bits per heavy atom. The molecule has 0 amide bonds. The first kappa shape index (κ1) is 16.2. The maximum atomic E-state index is 11.8. The van der Waals surface area contributed by atoms with E-state index >= 15 is 0 Å². The van der Waals surface area contributed by atoms with Gasteiger partial charge in [-0.15, -0.1) is 0 Å². The first-order chi connectivity index (χ1) is 11.6. The Bertz CT molecular complexity index is 778. The number of hydrogen-bond donors (Lipinski definition) is 1. The molecule has 0 saturated heterocycles. The minimum atomic E-state index is -1.08. The summed E-state index contributed by atoms with van der Waals surface area (Å²) in [4.78, 5) is 0. The van der Waals surface area contributed by atoms with Gasteiger partial charge in [0.1, 0.15) is 0 Å². The van der Waals surface area contributed by atoms with E-state index in [1.807, 2.05) is 30.3 Å². The Morgan fingerprint density at radius 2 is 1.92 bits per heavy atom. The number of ether oxygens (including phenoxy) is 3. The number of methoxy groups -OCH3 is 2. The Morgan fingerprint density at radius 1 is 1.17 bits per heavy atom. The molecule has 0 spiro atoms. The van der Waals surface area contributed by atoms with E-state index < -0.39 is 11.2 Å². The van der Waals surface area contributed by atoms with Crippen molar-refractivity contribution in [1.29, 1.82) is 0 Å². The molecule has 1 saturated carbocycles. The third kappa shape index (κ3) is 1.92. The van der Waals surface area contributed by atoms with E-state index in [0.29, 0.717) is 27.1 Å². The van der Waals surface area contributed by atoms with Crippen molar-refractivity contribution in [2.24, 2.45) is 0 Å². The molecular weight excluding hydrogens is 499 g/mol. The first-order valence-corrected chi connectivity index (χ1v) is 10.3. The fourth-order valence-electron chi connectivity index (χ4n) is 4.19. The first-order valence-electron chi connectivity index (χ1n) is 8.01. The van der Waals surface area contributed by atoms with Crippen molar-refractivity contribution in [1.82, 2.24) is 0 Å². The molecular formula is C19H19O4Pb. The second-order valence-electron chi connectivity index (χ2n) is 6.36. The molecule has 2 aromatic carbocycles. The number of hydrogen-bond acceptors (Lipinski definition) is 4. The number of aliphatic hydroxyl groups is 1. The molecule has 123 valence electrons. The second-order valence-corrected chi connectivity index (χ2v) is 9.07. The van der Waals surface area contributed by atoms with Crippen molar-refractivity contribution < 1.29 is 19.3 Å². The van der Waals surface area contributed by atoms with Gasteiger partial charge in [0.2, 0.25) is 0 Å². The summed E-state index contributed by atoms with van der Waals surface area (Å²) < 4.78 is 17.8. The molecule has 0 bridgehead atoms. The van der Waals surface area contributed by atoms with Gasteiger partial charge in [0.25, 0.3) is 0 Å². The van der Waals surface area contributed by atoms with Crippen LogP contribution in [0, 0.1) is 0 Å². The van der Waals surface area contributed by atoms with Crippen molar-refractivity contribution in [2.75, 3.05) is 14.2 Å². The van der Waals surface area contributed by atoms with E-state index in [0.717, 1.165) is 43.3 Å². The normalized spacial score (nSPS) is 30.4. The topological polar surface area (TPSA) is 47.9 Å². The SMILES string of the molecule is COc1cc(OC)c2c(c1)OC1(c3ccccc3)[CH]([Pb])CCC21O. The summed E-state index contributed by atoms with van der Waals surface area (Å²) in [6, 6.07) is 13.8. The standard InChI is InChI=1S/C19H19O4.Pb/c1-21-14-11-15(22-2)17-16(12-14)23-19(10-6-9-18(17,19)20)13-7-4-3-5-8-13;/h3-5,7-8,10-12,20H,6,9H2,1-2H3;. The summed E-state index contributed by atoms with van der Waals surface area (Å²) >= 11 is 0.940. The van der Waals surface area contributed by atoms with Crippen LogP contribution in [0.15, 0.2) is 42.5 Å². The Hall–Kier alpha value is -1.28. The zero-order chi connectivity index (χ0) is 16.9. The summed E-state index contributed by atoms with van der Waals surface area (Å²) in [5.41, 5.74) is -0.0221. The number of rotatable bonds is 3. The predicted molar refractivity (Wildman–Crippen MR) is 90.9 cm³/mol. The average Bonchev–Trinajstić information content (AvgIpc) is 3.03. The molecule has 1 fully saturated rings. The van der Waals surface area contributed by atoms with Crippen molar-refractivity contribution in [3.05, 3.63) is 53.6 Å². The summed E-state index contributed by atoms with van der Waals surface area (Å²) in [6.45, 7) is 0. The maximum absolute atomic E-state index is 11.8. The molecule has 24 heavy (non-hydrogen) atoms. The van der Waals surface area contributed by atoms with Crippen LogP contribution in [0.1, 0.15) is 24.0 Å². The van der Waals surface area contributed by atoms with Crippen LogP contribution in [0.25, 0.3) is 0 Å². The second kappa shape index (κ2) is 5.62. The van der Waals surface area contributed by atoms with Crippen molar-refractivity contribution in [3.8, 4) is 17.2 Å². The fourth-order valence-corrected chi connectivity index (χ4v) is 6.55.